The molecule has 1 aromatic heterocycles. The van der Waals surface area contributed by atoms with E-state index in [-0.39, 0.29) is 18.5 Å². The highest BCUT2D eigenvalue weighted by Gasteiger charge is 2.22. The summed E-state index contributed by atoms with van der Waals surface area (Å²) in [4.78, 5) is 26.6. The van der Waals surface area contributed by atoms with Crippen molar-refractivity contribution in [2.24, 2.45) is 0 Å². The van der Waals surface area contributed by atoms with Gasteiger partial charge in [0.2, 0.25) is 0 Å². The van der Waals surface area contributed by atoms with Gasteiger partial charge in [0, 0.05) is 35.6 Å². The van der Waals surface area contributed by atoms with E-state index in [1.165, 1.54) is 12.1 Å². The first-order valence-electron chi connectivity index (χ1n) is 8.20. The lowest BCUT2D eigenvalue weighted by Crippen LogP contribution is -2.46. The molecule has 0 spiro atoms. The zero-order chi connectivity index (χ0) is 19.4. The third-order valence-electron chi connectivity index (χ3n) is 4.17. The minimum Gasteiger partial charge on any atom is -0.480 e. The van der Waals surface area contributed by atoms with Gasteiger partial charge in [-0.1, -0.05) is 30.3 Å². The Balaban J connectivity index is 1.64. The molecule has 8 heteroatoms. The summed E-state index contributed by atoms with van der Waals surface area (Å²) in [6.45, 7) is -0.269. The lowest BCUT2D eigenvalue weighted by molar-refractivity contribution is -0.139. The van der Waals surface area contributed by atoms with Crippen molar-refractivity contribution in [1.82, 2.24) is 15.6 Å². The molecule has 27 heavy (non-hydrogen) atoms. The lowest BCUT2D eigenvalue weighted by Gasteiger charge is -2.15. The molecule has 3 aromatic rings. The Hall–Kier alpha value is -3.42. The second-order valence-electron chi connectivity index (χ2n) is 5.99. The van der Waals surface area contributed by atoms with Crippen LogP contribution in [0.3, 0.4) is 0 Å². The Kier molecular flexibility index (Phi) is 5.35. The first-order chi connectivity index (χ1) is 13.0. The van der Waals surface area contributed by atoms with E-state index >= 15 is 0 Å². The van der Waals surface area contributed by atoms with Gasteiger partial charge in [-0.25, -0.2) is 18.4 Å². The SMILES string of the molecule is O=C(NCc1cccc(F)c1F)N[C@H](Cc1c[nH]c2ccccc12)C(=O)O. The van der Waals surface area contributed by atoms with Crippen molar-refractivity contribution >= 4 is 22.9 Å². The maximum absolute atomic E-state index is 13.6. The molecule has 140 valence electrons. The molecular formula is C19H17F2N3O3. The molecular weight excluding hydrogens is 356 g/mol. The van der Waals surface area contributed by atoms with Crippen LogP contribution in [0.4, 0.5) is 13.6 Å². The Bertz CT molecular complexity index is 987. The van der Waals surface area contributed by atoms with E-state index in [9.17, 15) is 23.5 Å². The third kappa shape index (κ3) is 4.22. The van der Waals surface area contributed by atoms with E-state index in [1.807, 2.05) is 24.3 Å². The number of hydrogen-bond donors (Lipinski definition) is 4. The first kappa shape index (κ1) is 18.4. The van der Waals surface area contributed by atoms with Crippen molar-refractivity contribution in [2.75, 3.05) is 0 Å². The number of aromatic nitrogens is 1. The number of hydrogen-bond acceptors (Lipinski definition) is 2. The monoisotopic (exact) mass is 373 g/mol. The summed E-state index contributed by atoms with van der Waals surface area (Å²) in [5, 5.41) is 15.0. The van der Waals surface area contributed by atoms with Crippen LogP contribution in [0.15, 0.2) is 48.7 Å². The number of fused-ring (bicyclic) bond motifs is 1. The number of carboxylic acid groups (broad SMARTS) is 1. The van der Waals surface area contributed by atoms with Crippen molar-refractivity contribution in [3.63, 3.8) is 0 Å². The average molecular weight is 373 g/mol. The van der Waals surface area contributed by atoms with E-state index in [2.05, 4.69) is 15.6 Å². The number of amides is 2. The highest BCUT2D eigenvalue weighted by Crippen LogP contribution is 2.19. The zero-order valence-electron chi connectivity index (χ0n) is 14.1. The third-order valence-corrected chi connectivity index (χ3v) is 4.17. The Morgan fingerprint density at radius 3 is 2.63 bits per heavy atom. The van der Waals surface area contributed by atoms with Crippen molar-refractivity contribution < 1.29 is 23.5 Å². The predicted molar refractivity (Wildman–Crippen MR) is 95.2 cm³/mol. The Labute approximate surface area is 153 Å². The van der Waals surface area contributed by atoms with Crippen LogP contribution >= 0.6 is 0 Å². The lowest BCUT2D eigenvalue weighted by atomic mass is 10.1. The van der Waals surface area contributed by atoms with Gasteiger partial charge in [-0.15, -0.1) is 0 Å². The summed E-state index contributed by atoms with van der Waals surface area (Å²) in [5.41, 5.74) is 1.57. The minimum absolute atomic E-state index is 0.0337. The molecule has 2 aromatic carbocycles. The molecule has 1 heterocycles. The topological polar surface area (TPSA) is 94.2 Å². The van der Waals surface area contributed by atoms with E-state index in [0.29, 0.717) is 0 Å². The van der Waals surface area contributed by atoms with Gasteiger partial charge in [0.25, 0.3) is 0 Å². The van der Waals surface area contributed by atoms with Gasteiger partial charge in [-0.3, -0.25) is 0 Å². The highest BCUT2D eigenvalue weighted by atomic mass is 19.2. The standard InChI is InChI=1S/C19H17F2N3O3/c20-14-6-3-4-11(17(14)21)9-23-19(27)24-16(18(25)26)8-12-10-22-15-7-2-1-5-13(12)15/h1-7,10,16,22H,8-9H2,(H,25,26)(H2,23,24,27)/t16-/m1/s1. The second kappa shape index (κ2) is 7.86. The Morgan fingerprint density at radius 2 is 1.85 bits per heavy atom. The van der Waals surface area contributed by atoms with Crippen LogP contribution in [-0.4, -0.2) is 28.1 Å². The van der Waals surface area contributed by atoms with Gasteiger partial charge in [0.1, 0.15) is 6.04 Å². The number of carbonyl (C=O) groups is 2. The van der Waals surface area contributed by atoms with E-state index in [0.717, 1.165) is 22.5 Å². The number of para-hydroxylation sites is 1. The number of aromatic amines is 1. The number of benzene rings is 2. The zero-order valence-corrected chi connectivity index (χ0v) is 14.1. The molecule has 0 saturated carbocycles. The minimum atomic E-state index is -1.20. The fourth-order valence-corrected chi connectivity index (χ4v) is 2.79. The van der Waals surface area contributed by atoms with Crippen LogP contribution in [0.5, 0.6) is 0 Å². The van der Waals surface area contributed by atoms with Crippen molar-refractivity contribution in [2.45, 2.75) is 19.0 Å². The van der Waals surface area contributed by atoms with Crippen molar-refractivity contribution in [1.29, 1.82) is 0 Å². The summed E-state index contributed by atoms with van der Waals surface area (Å²) in [7, 11) is 0. The predicted octanol–water partition coefficient (Wildman–Crippen LogP) is 2.94. The molecule has 0 saturated heterocycles. The fourth-order valence-electron chi connectivity index (χ4n) is 2.79. The molecule has 0 fully saturated rings. The summed E-state index contributed by atoms with van der Waals surface area (Å²) in [5.74, 6) is -3.27. The number of rotatable bonds is 6. The van der Waals surface area contributed by atoms with Crippen LogP contribution < -0.4 is 10.6 Å². The largest absolute Gasteiger partial charge is 0.480 e. The number of carboxylic acids is 1. The number of H-pyrrole nitrogens is 1. The number of urea groups is 1. The summed E-state index contributed by atoms with van der Waals surface area (Å²) >= 11 is 0. The second-order valence-corrected chi connectivity index (χ2v) is 5.99. The molecule has 0 radical (unpaired) electrons. The van der Waals surface area contributed by atoms with Gasteiger partial charge < -0.3 is 20.7 Å². The van der Waals surface area contributed by atoms with Crippen LogP contribution in [0.1, 0.15) is 11.1 Å². The summed E-state index contributed by atoms with van der Waals surface area (Å²) < 4.78 is 26.8. The van der Waals surface area contributed by atoms with Crippen molar-refractivity contribution in [3.8, 4) is 0 Å². The summed E-state index contributed by atoms with van der Waals surface area (Å²) in [6.07, 6.45) is 1.77. The maximum atomic E-state index is 13.6. The van der Waals surface area contributed by atoms with Crippen LogP contribution in [0.25, 0.3) is 10.9 Å². The van der Waals surface area contributed by atoms with Crippen molar-refractivity contribution in [3.05, 3.63) is 71.4 Å². The van der Waals surface area contributed by atoms with E-state index in [4.69, 9.17) is 0 Å². The highest BCUT2D eigenvalue weighted by molar-refractivity contribution is 5.86. The van der Waals surface area contributed by atoms with Gasteiger partial charge in [-0.05, 0) is 17.7 Å². The first-order valence-corrected chi connectivity index (χ1v) is 8.20. The van der Waals surface area contributed by atoms with Gasteiger partial charge in [0.15, 0.2) is 11.6 Å². The number of carbonyl (C=O) groups excluding carboxylic acids is 1. The molecule has 3 rings (SSSR count). The molecule has 0 aliphatic carbocycles. The summed E-state index contributed by atoms with van der Waals surface area (Å²) in [6, 6.07) is 9.07. The molecule has 0 aliphatic rings. The number of halogens is 2. The molecule has 0 aliphatic heterocycles. The normalized spacial score (nSPS) is 11.9. The number of aliphatic carboxylic acids is 1. The molecule has 2 amide bonds. The molecule has 4 N–H and O–H groups in total. The van der Waals surface area contributed by atoms with Crippen LogP contribution in [0.2, 0.25) is 0 Å². The number of nitrogens with one attached hydrogen (secondary N) is 3. The molecule has 0 bridgehead atoms. The van der Waals surface area contributed by atoms with E-state index in [1.54, 1.807) is 6.20 Å². The fraction of sp³-hybridized carbons (Fsp3) is 0.158. The van der Waals surface area contributed by atoms with Crippen LogP contribution in [0, 0.1) is 11.6 Å². The maximum Gasteiger partial charge on any atom is 0.326 e. The smallest absolute Gasteiger partial charge is 0.326 e. The van der Waals surface area contributed by atoms with Crippen LogP contribution in [-0.2, 0) is 17.8 Å². The quantitative estimate of drug-likeness (QED) is 0.535. The van der Waals surface area contributed by atoms with Gasteiger partial charge in [0.05, 0.1) is 0 Å². The Morgan fingerprint density at radius 1 is 1.07 bits per heavy atom. The van der Waals surface area contributed by atoms with Gasteiger partial charge in [-0.2, -0.15) is 0 Å². The molecule has 1 atom stereocenters. The molecule has 0 unspecified atom stereocenters. The molecule has 6 nitrogen and oxygen atoms in total. The van der Waals surface area contributed by atoms with E-state index < -0.39 is 29.7 Å². The van der Waals surface area contributed by atoms with Gasteiger partial charge >= 0.3 is 12.0 Å². The average Bonchev–Trinajstić information content (AvgIpc) is 3.05.